The highest BCUT2D eigenvalue weighted by Crippen LogP contribution is 2.34. The minimum absolute atomic E-state index is 0.0412. The van der Waals surface area contributed by atoms with Gasteiger partial charge >= 0.3 is 0 Å². The lowest BCUT2D eigenvalue weighted by molar-refractivity contribution is -0.113. The van der Waals surface area contributed by atoms with Gasteiger partial charge in [-0.05, 0) is 18.2 Å². The lowest BCUT2D eigenvalue weighted by Crippen LogP contribution is -2.22. The highest BCUT2D eigenvalue weighted by molar-refractivity contribution is 8.00. The summed E-state index contributed by atoms with van der Waals surface area (Å²) in [5.41, 5.74) is 1.86. The fourth-order valence-corrected chi connectivity index (χ4v) is 2.38. The van der Waals surface area contributed by atoms with Crippen LogP contribution in [0.15, 0.2) is 23.1 Å². The van der Waals surface area contributed by atoms with Crippen LogP contribution in [0.2, 0.25) is 0 Å². The number of anilines is 2. The Morgan fingerprint density at radius 3 is 3.12 bits per heavy atom. The number of aliphatic hydroxyl groups excluding tert-OH is 1. The second-order valence-corrected chi connectivity index (χ2v) is 4.68. The summed E-state index contributed by atoms with van der Waals surface area (Å²) in [5, 5.41) is 11.7. The molecule has 0 aromatic heterocycles. The number of carbonyl (C=O) groups is 1. The van der Waals surface area contributed by atoms with E-state index < -0.39 is 0 Å². The molecular formula is C11H14N2O2S. The summed E-state index contributed by atoms with van der Waals surface area (Å²) in [6.45, 7) is 0.703. The number of likely N-dealkylation sites (N-methyl/N-ethyl adjacent to an activating group) is 1. The van der Waals surface area contributed by atoms with Gasteiger partial charge in [-0.15, -0.1) is 11.8 Å². The van der Waals surface area contributed by atoms with E-state index in [1.807, 2.05) is 30.1 Å². The number of rotatable bonds is 3. The third-order valence-electron chi connectivity index (χ3n) is 2.47. The van der Waals surface area contributed by atoms with E-state index in [1.54, 1.807) is 11.8 Å². The summed E-state index contributed by atoms with van der Waals surface area (Å²) >= 11 is 1.55. The summed E-state index contributed by atoms with van der Waals surface area (Å²) < 4.78 is 0. The molecule has 1 aromatic carbocycles. The number of hydrogen-bond acceptors (Lipinski definition) is 4. The summed E-state index contributed by atoms with van der Waals surface area (Å²) in [7, 11) is 1.91. The Labute approximate surface area is 98.6 Å². The summed E-state index contributed by atoms with van der Waals surface area (Å²) in [4.78, 5) is 14.3. The molecule has 0 atom stereocenters. The van der Waals surface area contributed by atoms with Crippen molar-refractivity contribution in [3.63, 3.8) is 0 Å². The molecule has 0 saturated carbocycles. The monoisotopic (exact) mass is 238 g/mol. The third kappa shape index (κ3) is 2.31. The second-order valence-electron chi connectivity index (χ2n) is 3.66. The maximum absolute atomic E-state index is 11.2. The zero-order valence-corrected chi connectivity index (χ0v) is 9.88. The average molecular weight is 238 g/mol. The number of benzene rings is 1. The Bertz CT molecular complexity index is 409. The van der Waals surface area contributed by atoms with Gasteiger partial charge in [0, 0.05) is 24.2 Å². The smallest absolute Gasteiger partial charge is 0.234 e. The van der Waals surface area contributed by atoms with E-state index in [2.05, 4.69) is 5.32 Å². The van der Waals surface area contributed by atoms with Crippen molar-refractivity contribution in [3.8, 4) is 0 Å². The first-order valence-electron chi connectivity index (χ1n) is 5.09. The molecule has 1 heterocycles. The zero-order chi connectivity index (χ0) is 11.5. The van der Waals surface area contributed by atoms with Gasteiger partial charge in [0.25, 0.3) is 0 Å². The third-order valence-corrected chi connectivity index (χ3v) is 3.55. The highest BCUT2D eigenvalue weighted by atomic mass is 32.2. The van der Waals surface area contributed by atoms with Crippen LogP contribution in [0.3, 0.4) is 0 Å². The van der Waals surface area contributed by atoms with E-state index in [1.165, 1.54) is 0 Å². The molecule has 0 spiro atoms. The van der Waals surface area contributed by atoms with Gasteiger partial charge in [-0.25, -0.2) is 0 Å². The number of carbonyl (C=O) groups excluding carboxylic acids is 1. The first-order chi connectivity index (χ1) is 7.70. The fraction of sp³-hybridized carbons (Fsp3) is 0.364. The van der Waals surface area contributed by atoms with Crippen LogP contribution in [-0.4, -0.2) is 37.0 Å². The van der Waals surface area contributed by atoms with Crippen LogP contribution in [0.25, 0.3) is 0 Å². The molecule has 4 nitrogen and oxygen atoms in total. The highest BCUT2D eigenvalue weighted by Gasteiger charge is 2.15. The van der Waals surface area contributed by atoms with Gasteiger partial charge in [0.1, 0.15) is 0 Å². The Morgan fingerprint density at radius 1 is 1.56 bits per heavy atom. The number of nitrogens with one attached hydrogen (secondary N) is 1. The molecule has 0 saturated heterocycles. The van der Waals surface area contributed by atoms with Gasteiger partial charge in [0.2, 0.25) is 5.91 Å². The van der Waals surface area contributed by atoms with Crippen LogP contribution >= 0.6 is 11.8 Å². The first-order valence-corrected chi connectivity index (χ1v) is 6.08. The van der Waals surface area contributed by atoms with Crippen LogP contribution in [0.1, 0.15) is 0 Å². The van der Waals surface area contributed by atoms with E-state index >= 15 is 0 Å². The maximum Gasteiger partial charge on any atom is 0.234 e. The van der Waals surface area contributed by atoms with Crippen molar-refractivity contribution in [1.82, 2.24) is 0 Å². The molecule has 86 valence electrons. The predicted molar refractivity (Wildman–Crippen MR) is 66.2 cm³/mol. The summed E-state index contributed by atoms with van der Waals surface area (Å²) in [6.07, 6.45) is 0. The van der Waals surface area contributed by atoms with Crippen LogP contribution in [0, 0.1) is 0 Å². The number of fused-ring (bicyclic) bond motifs is 1. The number of nitrogens with zero attached hydrogens (tertiary/aromatic N) is 1. The largest absolute Gasteiger partial charge is 0.395 e. The van der Waals surface area contributed by atoms with Crippen molar-refractivity contribution in [2.75, 3.05) is 36.2 Å². The normalized spacial score (nSPS) is 14.2. The Morgan fingerprint density at radius 2 is 2.38 bits per heavy atom. The minimum Gasteiger partial charge on any atom is -0.395 e. The molecule has 0 bridgehead atoms. The van der Waals surface area contributed by atoms with Gasteiger partial charge in [-0.2, -0.15) is 0 Å². The summed E-state index contributed by atoms with van der Waals surface area (Å²) in [5.74, 6) is 0.526. The van der Waals surface area contributed by atoms with Crippen molar-refractivity contribution in [3.05, 3.63) is 18.2 Å². The Hall–Kier alpha value is -1.20. The fourth-order valence-electron chi connectivity index (χ4n) is 1.59. The first kappa shape index (κ1) is 11.3. The molecule has 1 aliphatic heterocycles. The maximum atomic E-state index is 11.2. The van der Waals surface area contributed by atoms with Crippen LogP contribution < -0.4 is 10.2 Å². The van der Waals surface area contributed by atoms with Crippen molar-refractivity contribution < 1.29 is 9.90 Å². The number of thioether (sulfide) groups is 1. The molecule has 2 rings (SSSR count). The molecular weight excluding hydrogens is 224 g/mol. The molecule has 0 fully saturated rings. The van der Waals surface area contributed by atoms with Crippen LogP contribution in [0.4, 0.5) is 11.4 Å². The molecule has 0 aliphatic carbocycles. The van der Waals surface area contributed by atoms with E-state index in [9.17, 15) is 4.79 Å². The molecule has 2 N–H and O–H groups in total. The zero-order valence-electron chi connectivity index (χ0n) is 9.06. The van der Waals surface area contributed by atoms with Crippen molar-refractivity contribution in [2.24, 2.45) is 0 Å². The molecule has 1 amide bonds. The molecule has 1 aliphatic rings. The van der Waals surface area contributed by atoms with E-state index in [0.29, 0.717) is 12.3 Å². The molecule has 5 heteroatoms. The predicted octanol–water partition coefficient (Wildman–Crippen LogP) is 1.16. The second kappa shape index (κ2) is 4.76. The van der Waals surface area contributed by atoms with Gasteiger partial charge in [-0.3, -0.25) is 4.79 Å². The van der Waals surface area contributed by atoms with Crippen molar-refractivity contribution >= 4 is 29.0 Å². The van der Waals surface area contributed by atoms with Gasteiger partial charge < -0.3 is 15.3 Å². The number of aliphatic hydroxyl groups is 1. The lowest BCUT2D eigenvalue weighted by Gasteiger charge is -2.22. The topological polar surface area (TPSA) is 52.6 Å². The molecule has 0 radical (unpaired) electrons. The van der Waals surface area contributed by atoms with Crippen LogP contribution in [0.5, 0.6) is 0 Å². The average Bonchev–Trinajstić information content (AvgIpc) is 2.28. The van der Waals surface area contributed by atoms with Crippen molar-refractivity contribution in [1.29, 1.82) is 0 Å². The quantitative estimate of drug-likeness (QED) is 0.829. The molecule has 1 aromatic rings. The standard InChI is InChI=1S/C11H14N2O2S/c1-13(4-5-14)8-2-3-10-9(6-8)12-11(15)7-16-10/h2-3,6,14H,4-5,7H2,1H3,(H,12,15). The Kier molecular flexibility index (Phi) is 3.36. The minimum atomic E-state index is 0.0412. The van der Waals surface area contributed by atoms with E-state index in [4.69, 9.17) is 5.11 Å². The van der Waals surface area contributed by atoms with Crippen LogP contribution in [-0.2, 0) is 4.79 Å². The number of amides is 1. The number of hydrogen-bond donors (Lipinski definition) is 2. The molecule has 16 heavy (non-hydrogen) atoms. The molecule has 0 unspecified atom stereocenters. The SMILES string of the molecule is CN(CCO)c1ccc2c(c1)NC(=O)CS2. The Balaban J connectivity index is 2.24. The van der Waals surface area contributed by atoms with Gasteiger partial charge in [-0.1, -0.05) is 0 Å². The van der Waals surface area contributed by atoms with Gasteiger partial charge in [0.15, 0.2) is 0 Å². The van der Waals surface area contributed by atoms with Crippen molar-refractivity contribution in [2.45, 2.75) is 4.90 Å². The lowest BCUT2D eigenvalue weighted by atomic mass is 10.2. The van der Waals surface area contributed by atoms with Gasteiger partial charge in [0.05, 0.1) is 18.0 Å². The van der Waals surface area contributed by atoms with E-state index in [0.717, 1.165) is 16.3 Å². The van der Waals surface area contributed by atoms with E-state index in [-0.39, 0.29) is 12.5 Å². The summed E-state index contributed by atoms with van der Waals surface area (Å²) in [6, 6.07) is 5.94.